The van der Waals surface area contributed by atoms with Crippen LogP contribution in [0.15, 0.2) is 0 Å². The molecule has 0 unspecified atom stereocenters. The van der Waals surface area contributed by atoms with Gasteiger partial charge in [-0.25, -0.2) is 0 Å². The van der Waals surface area contributed by atoms with Crippen molar-refractivity contribution in [2.24, 2.45) is 11.8 Å². The number of unbranched alkanes of at least 4 members (excludes halogenated alkanes) is 5. The van der Waals surface area contributed by atoms with E-state index in [4.69, 9.17) is 4.74 Å². The molecule has 0 bridgehead atoms. The zero-order valence-electron chi connectivity index (χ0n) is 15.0. The Kier molecular flexibility index (Phi) is 14.0. The largest absolute Gasteiger partial charge is 0.465 e. The van der Waals surface area contributed by atoms with Crippen molar-refractivity contribution in [1.29, 1.82) is 0 Å². The summed E-state index contributed by atoms with van der Waals surface area (Å²) in [6, 6.07) is 0. The molecule has 2 heteroatoms. The van der Waals surface area contributed by atoms with Crippen LogP contribution in [0.3, 0.4) is 0 Å². The third kappa shape index (κ3) is 12.9. The first-order valence-corrected chi connectivity index (χ1v) is 9.28. The van der Waals surface area contributed by atoms with Gasteiger partial charge in [0.1, 0.15) is 0 Å². The predicted octanol–water partition coefficient (Wildman–Crippen LogP) is 6.13. The van der Waals surface area contributed by atoms with E-state index >= 15 is 0 Å². The molecule has 0 aromatic heterocycles. The predicted molar refractivity (Wildman–Crippen MR) is 91.4 cm³/mol. The number of esters is 1. The van der Waals surface area contributed by atoms with Gasteiger partial charge in [-0.1, -0.05) is 79.1 Å². The first-order chi connectivity index (χ1) is 10.1. The molecule has 0 amide bonds. The van der Waals surface area contributed by atoms with Gasteiger partial charge in [-0.15, -0.1) is 0 Å². The van der Waals surface area contributed by atoms with Gasteiger partial charge in [-0.3, -0.25) is 4.79 Å². The van der Waals surface area contributed by atoms with Crippen molar-refractivity contribution in [3.63, 3.8) is 0 Å². The highest BCUT2D eigenvalue weighted by Gasteiger charge is 2.17. The maximum atomic E-state index is 11.9. The van der Waals surface area contributed by atoms with Crippen LogP contribution in [0, 0.1) is 11.8 Å². The first kappa shape index (κ1) is 20.5. The van der Waals surface area contributed by atoms with E-state index in [1.54, 1.807) is 0 Å². The van der Waals surface area contributed by atoms with Crippen LogP contribution in [0.25, 0.3) is 0 Å². The quantitative estimate of drug-likeness (QED) is 0.285. The Bertz CT molecular complexity index is 230. The number of carbonyl (C=O) groups is 1. The van der Waals surface area contributed by atoms with Gasteiger partial charge in [0.25, 0.3) is 0 Å². The molecule has 0 aromatic rings. The second-order valence-corrected chi connectivity index (χ2v) is 6.75. The summed E-state index contributed by atoms with van der Waals surface area (Å²) in [6.45, 7) is 9.47. The van der Waals surface area contributed by atoms with E-state index in [0.29, 0.717) is 6.61 Å². The molecule has 0 saturated carbocycles. The minimum Gasteiger partial charge on any atom is -0.465 e. The highest BCUT2D eigenvalue weighted by atomic mass is 16.5. The van der Waals surface area contributed by atoms with E-state index < -0.39 is 0 Å². The van der Waals surface area contributed by atoms with Crippen LogP contribution in [0.4, 0.5) is 0 Å². The smallest absolute Gasteiger partial charge is 0.308 e. The molecule has 0 rings (SSSR count). The minimum atomic E-state index is 0.0376. The fraction of sp³-hybridized carbons (Fsp3) is 0.947. The van der Waals surface area contributed by atoms with Crippen LogP contribution >= 0.6 is 0 Å². The van der Waals surface area contributed by atoms with Gasteiger partial charge in [0.15, 0.2) is 0 Å². The highest BCUT2D eigenvalue weighted by Crippen LogP contribution is 2.16. The van der Waals surface area contributed by atoms with Gasteiger partial charge in [-0.2, -0.15) is 0 Å². The lowest BCUT2D eigenvalue weighted by Crippen LogP contribution is -2.18. The maximum Gasteiger partial charge on any atom is 0.308 e. The molecule has 0 spiro atoms. The Hall–Kier alpha value is -0.530. The van der Waals surface area contributed by atoms with E-state index in [0.717, 1.165) is 38.0 Å². The molecule has 0 aliphatic carbocycles. The van der Waals surface area contributed by atoms with Crippen LogP contribution in [0.2, 0.25) is 0 Å². The van der Waals surface area contributed by atoms with Crippen LogP contribution in [-0.4, -0.2) is 12.6 Å². The lowest BCUT2D eigenvalue weighted by Gasteiger charge is -2.14. The fourth-order valence-corrected chi connectivity index (χ4v) is 2.73. The number of ether oxygens (including phenoxy) is 1. The Balaban J connectivity index is 3.46. The normalized spacial score (nSPS) is 11.3. The number of rotatable bonds is 14. The average Bonchev–Trinajstić information content (AvgIpc) is 2.44. The second kappa shape index (κ2) is 14.4. The van der Waals surface area contributed by atoms with Crippen molar-refractivity contribution >= 4 is 5.97 Å². The van der Waals surface area contributed by atoms with E-state index in [1.807, 2.05) is 0 Å². The van der Waals surface area contributed by atoms with E-state index in [-0.39, 0.29) is 11.9 Å². The molecule has 0 N–H and O–H groups in total. The SMILES string of the molecule is CCCC(CCC)C(=O)OCCCCCCCCC(C)C. The molecule has 0 fully saturated rings. The van der Waals surface area contributed by atoms with Crippen LogP contribution in [0.1, 0.15) is 98.3 Å². The van der Waals surface area contributed by atoms with Crippen molar-refractivity contribution in [3.8, 4) is 0 Å². The molecule has 2 nitrogen and oxygen atoms in total. The summed E-state index contributed by atoms with van der Waals surface area (Å²) in [6.07, 6.45) is 13.0. The topological polar surface area (TPSA) is 26.3 Å². The zero-order valence-corrected chi connectivity index (χ0v) is 15.0. The summed E-state index contributed by atoms with van der Waals surface area (Å²) >= 11 is 0. The van der Waals surface area contributed by atoms with E-state index in [9.17, 15) is 4.79 Å². The Labute approximate surface area is 133 Å². The van der Waals surface area contributed by atoms with Gasteiger partial charge >= 0.3 is 5.97 Å². The first-order valence-electron chi connectivity index (χ1n) is 9.28. The monoisotopic (exact) mass is 298 g/mol. The van der Waals surface area contributed by atoms with Gasteiger partial charge in [0.2, 0.25) is 0 Å². The molecule has 21 heavy (non-hydrogen) atoms. The van der Waals surface area contributed by atoms with Crippen molar-refractivity contribution < 1.29 is 9.53 Å². The molecular formula is C19H38O2. The molecule has 0 saturated heterocycles. The summed E-state index contributed by atoms with van der Waals surface area (Å²) < 4.78 is 5.43. The molecule has 0 aliphatic rings. The number of hydrogen-bond acceptors (Lipinski definition) is 2. The second-order valence-electron chi connectivity index (χ2n) is 6.75. The molecular weight excluding hydrogens is 260 g/mol. The van der Waals surface area contributed by atoms with Gasteiger partial charge < -0.3 is 4.74 Å². The van der Waals surface area contributed by atoms with Crippen LogP contribution in [0.5, 0.6) is 0 Å². The van der Waals surface area contributed by atoms with Crippen LogP contribution in [-0.2, 0) is 9.53 Å². The van der Waals surface area contributed by atoms with Gasteiger partial charge in [0, 0.05) is 0 Å². The Morgan fingerprint density at radius 3 is 1.86 bits per heavy atom. The highest BCUT2D eigenvalue weighted by molar-refractivity contribution is 5.72. The molecule has 0 heterocycles. The van der Waals surface area contributed by atoms with Gasteiger partial charge in [0.05, 0.1) is 12.5 Å². The van der Waals surface area contributed by atoms with Crippen molar-refractivity contribution in [2.45, 2.75) is 98.3 Å². The van der Waals surface area contributed by atoms with Crippen molar-refractivity contribution in [2.75, 3.05) is 6.61 Å². The fourth-order valence-electron chi connectivity index (χ4n) is 2.73. The molecule has 0 aliphatic heterocycles. The summed E-state index contributed by atoms with van der Waals surface area (Å²) in [7, 11) is 0. The summed E-state index contributed by atoms with van der Waals surface area (Å²) in [5, 5.41) is 0. The third-order valence-corrected chi connectivity index (χ3v) is 4.03. The standard InChI is InChI=1S/C19H38O2/c1-5-13-18(14-6-2)19(20)21-16-12-10-8-7-9-11-15-17(3)4/h17-18H,5-16H2,1-4H3. The number of hydrogen-bond donors (Lipinski definition) is 0. The third-order valence-electron chi connectivity index (χ3n) is 4.03. The van der Waals surface area contributed by atoms with Gasteiger partial charge in [-0.05, 0) is 25.2 Å². The van der Waals surface area contributed by atoms with Crippen molar-refractivity contribution in [3.05, 3.63) is 0 Å². The zero-order chi connectivity index (χ0) is 15.9. The number of carbonyl (C=O) groups excluding carboxylic acids is 1. The summed E-state index contributed by atoms with van der Waals surface area (Å²) in [4.78, 5) is 11.9. The average molecular weight is 299 g/mol. The summed E-state index contributed by atoms with van der Waals surface area (Å²) in [5.74, 6) is 1.01. The van der Waals surface area contributed by atoms with E-state index in [1.165, 1.54) is 38.5 Å². The van der Waals surface area contributed by atoms with E-state index in [2.05, 4.69) is 27.7 Å². The maximum absolute atomic E-state index is 11.9. The molecule has 0 atom stereocenters. The molecule has 0 radical (unpaired) electrons. The lowest BCUT2D eigenvalue weighted by molar-refractivity contribution is -0.149. The Morgan fingerprint density at radius 1 is 0.810 bits per heavy atom. The molecule has 0 aromatic carbocycles. The Morgan fingerprint density at radius 2 is 1.33 bits per heavy atom. The summed E-state index contributed by atoms with van der Waals surface area (Å²) in [5.41, 5.74) is 0. The van der Waals surface area contributed by atoms with Crippen molar-refractivity contribution in [1.82, 2.24) is 0 Å². The van der Waals surface area contributed by atoms with Crippen LogP contribution < -0.4 is 0 Å². The molecule has 126 valence electrons. The minimum absolute atomic E-state index is 0.0376. The lowest BCUT2D eigenvalue weighted by atomic mass is 9.99.